The van der Waals surface area contributed by atoms with E-state index >= 15 is 0 Å². The van der Waals surface area contributed by atoms with Crippen molar-refractivity contribution in [2.45, 2.75) is 46.1 Å². The van der Waals surface area contributed by atoms with Crippen LogP contribution >= 0.6 is 0 Å². The first-order chi connectivity index (χ1) is 11.8. The number of ether oxygens (including phenoxy) is 1. The molecule has 0 radical (unpaired) electrons. The Kier molecular flexibility index (Phi) is 5.61. The molecule has 0 spiro atoms. The quantitative estimate of drug-likeness (QED) is 0.826. The third-order valence-electron chi connectivity index (χ3n) is 3.95. The van der Waals surface area contributed by atoms with E-state index in [1.807, 2.05) is 20.8 Å². The summed E-state index contributed by atoms with van der Waals surface area (Å²) >= 11 is 0. The van der Waals surface area contributed by atoms with E-state index in [-0.39, 0.29) is 23.1 Å². The second-order valence-corrected chi connectivity index (χ2v) is 5.90. The van der Waals surface area contributed by atoms with E-state index in [0.717, 1.165) is 23.6 Å². The standard InChI is InChI=1S/C17H23FN4O3/c1-5-7-10(3)25-14-9-13(12(18)8-11(14)16(19)23)22-17(24)21(4)15(6-2)20-22/h8-10H,5-7H2,1-4H3,(H2,19,23)/t10-/m0/s1. The fraction of sp³-hybridized carbons (Fsp3) is 0.471. The molecule has 1 aromatic heterocycles. The van der Waals surface area contributed by atoms with Gasteiger partial charge in [0.2, 0.25) is 0 Å². The highest BCUT2D eigenvalue weighted by Gasteiger charge is 2.20. The molecular formula is C17H23FN4O3. The lowest BCUT2D eigenvalue weighted by Gasteiger charge is -2.17. The van der Waals surface area contributed by atoms with Gasteiger partial charge in [0.1, 0.15) is 23.1 Å². The second kappa shape index (κ2) is 7.50. The first-order valence-electron chi connectivity index (χ1n) is 8.25. The second-order valence-electron chi connectivity index (χ2n) is 5.90. The van der Waals surface area contributed by atoms with E-state index in [4.69, 9.17) is 10.5 Å². The Hall–Kier alpha value is -2.64. The van der Waals surface area contributed by atoms with Gasteiger partial charge in [-0.15, -0.1) is 5.10 Å². The van der Waals surface area contributed by atoms with Gasteiger partial charge in [-0.25, -0.2) is 9.18 Å². The molecule has 1 atom stereocenters. The van der Waals surface area contributed by atoms with Gasteiger partial charge in [0.25, 0.3) is 5.91 Å². The van der Waals surface area contributed by atoms with Gasteiger partial charge in [-0.3, -0.25) is 9.36 Å². The summed E-state index contributed by atoms with van der Waals surface area (Å²) in [7, 11) is 1.57. The highest BCUT2D eigenvalue weighted by Crippen LogP contribution is 2.26. The zero-order valence-corrected chi connectivity index (χ0v) is 14.9. The third kappa shape index (κ3) is 3.72. The van der Waals surface area contributed by atoms with Crippen LogP contribution in [0.5, 0.6) is 5.75 Å². The average molecular weight is 350 g/mol. The lowest BCUT2D eigenvalue weighted by Crippen LogP contribution is -2.24. The molecule has 0 aliphatic heterocycles. The molecule has 2 rings (SSSR count). The van der Waals surface area contributed by atoms with E-state index in [0.29, 0.717) is 12.2 Å². The number of nitrogens with zero attached hydrogens (tertiary/aromatic N) is 3. The molecule has 2 N–H and O–H groups in total. The number of nitrogens with two attached hydrogens (primary N) is 1. The zero-order valence-electron chi connectivity index (χ0n) is 14.9. The number of aryl methyl sites for hydroxylation is 1. The van der Waals surface area contributed by atoms with Crippen LogP contribution < -0.4 is 16.2 Å². The summed E-state index contributed by atoms with van der Waals surface area (Å²) in [5.74, 6) is -0.912. The molecule has 0 aliphatic carbocycles. The van der Waals surface area contributed by atoms with Crippen LogP contribution in [0.1, 0.15) is 49.8 Å². The Labute approximate surface area is 145 Å². The van der Waals surface area contributed by atoms with E-state index in [9.17, 15) is 14.0 Å². The number of amides is 1. The van der Waals surface area contributed by atoms with E-state index in [2.05, 4.69) is 5.10 Å². The van der Waals surface area contributed by atoms with Gasteiger partial charge in [0.15, 0.2) is 0 Å². The molecule has 0 fully saturated rings. The fourth-order valence-electron chi connectivity index (χ4n) is 2.62. The summed E-state index contributed by atoms with van der Waals surface area (Å²) in [6, 6.07) is 2.29. The van der Waals surface area contributed by atoms with E-state index in [1.165, 1.54) is 10.6 Å². The molecule has 136 valence electrons. The molecule has 25 heavy (non-hydrogen) atoms. The van der Waals surface area contributed by atoms with Crippen molar-refractivity contribution in [2.75, 3.05) is 0 Å². The normalized spacial score (nSPS) is 12.2. The van der Waals surface area contributed by atoms with Crippen LogP contribution in [0.3, 0.4) is 0 Å². The smallest absolute Gasteiger partial charge is 0.350 e. The molecule has 2 aromatic rings. The van der Waals surface area contributed by atoms with Gasteiger partial charge in [-0.05, 0) is 19.4 Å². The highest BCUT2D eigenvalue weighted by atomic mass is 19.1. The maximum atomic E-state index is 14.5. The van der Waals surface area contributed by atoms with Crippen molar-refractivity contribution in [1.29, 1.82) is 0 Å². The van der Waals surface area contributed by atoms with Crippen molar-refractivity contribution < 1.29 is 13.9 Å². The number of primary amides is 1. The molecule has 0 saturated carbocycles. The van der Waals surface area contributed by atoms with Gasteiger partial charge in [-0.1, -0.05) is 20.3 Å². The van der Waals surface area contributed by atoms with Crippen LogP contribution in [0.25, 0.3) is 5.69 Å². The van der Waals surface area contributed by atoms with E-state index in [1.54, 1.807) is 7.05 Å². The Morgan fingerprint density at radius 2 is 2.08 bits per heavy atom. The number of aromatic nitrogens is 3. The monoisotopic (exact) mass is 350 g/mol. The van der Waals surface area contributed by atoms with Crippen molar-refractivity contribution in [3.05, 3.63) is 39.8 Å². The Morgan fingerprint density at radius 1 is 1.40 bits per heavy atom. The molecule has 1 heterocycles. The van der Waals surface area contributed by atoms with Crippen molar-refractivity contribution >= 4 is 5.91 Å². The Bertz CT molecular complexity index is 841. The topological polar surface area (TPSA) is 92.1 Å². The SMILES string of the molecule is CCC[C@H](C)Oc1cc(-n2nc(CC)n(C)c2=O)c(F)cc1C(N)=O. The fourth-order valence-corrected chi connectivity index (χ4v) is 2.62. The Morgan fingerprint density at radius 3 is 2.60 bits per heavy atom. The number of rotatable bonds is 7. The maximum Gasteiger partial charge on any atom is 0.350 e. The first kappa shape index (κ1) is 18.7. The third-order valence-corrected chi connectivity index (χ3v) is 3.95. The minimum atomic E-state index is -0.799. The molecule has 8 heteroatoms. The van der Waals surface area contributed by atoms with Crippen molar-refractivity contribution in [3.63, 3.8) is 0 Å². The molecular weight excluding hydrogens is 327 g/mol. The summed E-state index contributed by atoms with van der Waals surface area (Å²) < 4.78 is 22.6. The van der Waals surface area contributed by atoms with Crippen molar-refractivity contribution in [2.24, 2.45) is 12.8 Å². The number of hydrogen-bond donors (Lipinski definition) is 1. The summed E-state index contributed by atoms with van der Waals surface area (Å²) in [6.07, 6.45) is 1.99. The summed E-state index contributed by atoms with van der Waals surface area (Å²) in [4.78, 5) is 23.9. The molecule has 0 aliphatic rings. The summed E-state index contributed by atoms with van der Waals surface area (Å²) in [5.41, 5.74) is 4.71. The number of carbonyl (C=O) groups is 1. The van der Waals surface area contributed by atoms with E-state index < -0.39 is 17.4 Å². The Balaban J connectivity index is 2.60. The lowest BCUT2D eigenvalue weighted by molar-refractivity contribution is 0.0992. The van der Waals surface area contributed by atoms with Crippen LogP contribution in [-0.2, 0) is 13.5 Å². The van der Waals surface area contributed by atoms with Gasteiger partial charge in [0.05, 0.1) is 11.7 Å². The van der Waals surface area contributed by atoms with Gasteiger partial charge >= 0.3 is 5.69 Å². The minimum absolute atomic E-state index is 0.0658. The van der Waals surface area contributed by atoms with Crippen LogP contribution in [0.4, 0.5) is 4.39 Å². The predicted molar refractivity (Wildman–Crippen MR) is 91.7 cm³/mol. The maximum absolute atomic E-state index is 14.5. The number of hydrogen-bond acceptors (Lipinski definition) is 4. The summed E-state index contributed by atoms with van der Waals surface area (Å²) in [5, 5.41) is 4.15. The largest absolute Gasteiger partial charge is 0.490 e. The van der Waals surface area contributed by atoms with Crippen LogP contribution in [0, 0.1) is 5.82 Å². The molecule has 0 bridgehead atoms. The van der Waals surface area contributed by atoms with Crippen LogP contribution in [0.15, 0.2) is 16.9 Å². The highest BCUT2D eigenvalue weighted by molar-refractivity contribution is 5.96. The van der Waals surface area contributed by atoms with Crippen molar-refractivity contribution in [3.8, 4) is 11.4 Å². The van der Waals surface area contributed by atoms with Crippen LogP contribution in [0.2, 0.25) is 0 Å². The molecule has 0 saturated heterocycles. The first-order valence-corrected chi connectivity index (χ1v) is 8.25. The minimum Gasteiger partial charge on any atom is -0.490 e. The molecule has 1 aromatic carbocycles. The lowest BCUT2D eigenvalue weighted by atomic mass is 10.1. The van der Waals surface area contributed by atoms with Gasteiger partial charge in [0, 0.05) is 19.5 Å². The van der Waals surface area contributed by atoms with Crippen molar-refractivity contribution in [1.82, 2.24) is 14.3 Å². The average Bonchev–Trinajstić information content (AvgIpc) is 2.84. The van der Waals surface area contributed by atoms with Gasteiger partial charge in [-0.2, -0.15) is 4.68 Å². The number of halogens is 1. The zero-order chi connectivity index (χ0) is 18.7. The molecule has 7 nitrogen and oxygen atoms in total. The van der Waals surface area contributed by atoms with Crippen LogP contribution in [-0.4, -0.2) is 26.4 Å². The molecule has 1 amide bonds. The predicted octanol–water partition coefficient (Wildman–Crippen LogP) is 1.94. The molecule has 0 unspecified atom stereocenters. The number of benzene rings is 1. The number of carbonyl (C=O) groups excluding carboxylic acids is 1. The summed E-state index contributed by atoms with van der Waals surface area (Å²) in [6.45, 7) is 5.70. The van der Waals surface area contributed by atoms with Gasteiger partial charge < -0.3 is 10.5 Å².